The van der Waals surface area contributed by atoms with Gasteiger partial charge in [-0.05, 0) is 54.6 Å². The molecule has 0 fully saturated rings. The first kappa shape index (κ1) is 19.4. The van der Waals surface area contributed by atoms with Gasteiger partial charge in [-0.1, -0.05) is 68.4 Å². The lowest BCUT2D eigenvalue weighted by molar-refractivity contribution is 0.235. The van der Waals surface area contributed by atoms with Gasteiger partial charge >= 0.3 is 0 Å². The molecule has 27 heavy (non-hydrogen) atoms. The predicted molar refractivity (Wildman–Crippen MR) is 115 cm³/mol. The van der Waals surface area contributed by atoms with Crippen LogP contribution in [-0.4, -0.2) is 16.0 Å². The van der Waals surface area contributed by atoms with E-state index in [-0.39, 0.29) is 0 Å². The summed E-state index contributed by atoms with van der Waals surface area (Å²) in [7, 11) is 0. The van der Waals surface area contributed by atoms with E-state index in [2.05, 4.69) is 103 Å². The molecule has 0 radical (unpaired) electrons. The molecule has 1 aromatic heterocycles. The smallest absolute Gasteiger partial charge is 0.0473 e. The molecule has 0 spiro atoms. The molecule has 2 nitrogen and oxygen atoms in total. The average Bonchev–Trinajstić information content (AvgIpc) is 3.09. The summed E-state index contributed by atoms with van der Waals surface area (Å²) in [6, 6.07) is 23.9. The number of benzene rings is 2. The van der Waals surface area contributed by atoms with Crippen LogP contribution in [0, 0.1) is 12.8 Å². The van der Waals surface area contributed by atoms with E-state index in [9.17, 15) is 0 Å². The zero-order valence-corrected chi connectivity index (χ0v) is 16.9. The van der Waals surface area contributed by atoms with Crippen LogP contribution in [0.2, 0.25) is 0 Å². The molecule has 2 heteroatoms. The van der Waals surface area contributed by atoms with Crippen LogP contribution < -0.4 is 0 Å². The third kappa shape index (κ3) is 5.83. The summed E-state index contributed by atoms with van der Waals surface area (Å²) in [5.41, 5.74) is 5.55. The topological polar surface area (TPSA) is 8.17 Å². The Balaban J connectivity index is 1.74. The highest BCUT2D eigenvalue weighted by Crippen LogP contribution is 2.16. The number of nitrogens with zero attached hydrogens (tertiary/aromatic N) is 2. The third-order valence-electron chi connectivity index (χ3n) is 5.18. The van der Waals surface area contributed by atoms with Crippen molar-refractivity contribution in [3.8, 4) is 0 Å². The van der Waals surface area contributed by atoms with Crippen molar-refractivity contribution in [1.29, 1.82) is 0 Å². The van der Waals surface area contributed by atoms with Crippen molar-refractivity contribution in [3.05, 3.63) is 95.3 Å². The summed E-state index contributed by atoms with van der Waals surface area (Å²) < 4.78 is 2.38. The Morgan fingerprint density at radius 3 is 2.33 bits per heavy atom. The highest BCUT2D eigenvalue weighted by molar-refractivity contribution is 5.25. The zero-order valence-electron chi connectivity index (χ0n) is 16.9. The standard InChI is InChI=1S/C25H32N2/c1-21(2)15-17-26(19-24-13-8-7-10-22(24)3)20-25-14-9-16-27(25)18-23-11-5-4-6-12-23/h4-14,16,21H,15,17-20H2,1-3H3. The minimum atomic E-state index is 0.723. The summed E-state index contributed by atoms with van der Waals surface area (Å²) in [5.74, 6) is 0.723. The highest BCUT2D eigenvalue weighted by atomic mass is 15.1. The molecule has 0 bridgehead atoms. The van der Waals surface area contributed by atoms with Crippen LogP contribution in [0.25, 0.3) is 0 Å². The van der Waals surface area contributed by atoms with E-state index >= 15 is 0 Å². The second-order valence-corrected chi connectivity index (χ2v) is 7.93. The molecule has 0 aliphatic rings. The Bertz CT molecular complexity index is 817. The van der Waals surface area contributed by atoms with E-state index in [0.29, 0.717) is 0 Å². The van der Waals surface area contributed by atoms with Crippen molar-refractivity contribution >= 4 is 0 Å². The molecule has 0 atom stereocenters. The van der Waals surface area contributed by atoms with Crippen molar-refractivity contribution in [2.75, 3.05) is 6.54 Å². The van der Waals surface area contributed by atoms with E-state index < -0.39 is 0 Å². The van der Waals surface area contributed by atoms with Gasteiger partial charge in [-0.3, -0.25) is 4.90 Å². The molecule has 1 heterocycles. The molecule has 0 aliphatic carbocycles. The Kier molecular flexibility index (Phi) is 6.89. The Labute approximate surface area is 164 Å². The molecule has 0 saturated carbocycles. The largest absolute Gasteiger partial charge is 0.346 e. The van der Waals surface area contributed by atoms with E-state index in [1.807, 2.05) is 0 Å². The molecule has 0 aliphatic heterocycles. The first-order valence-electron chi connectivity index (χ1n) is 10.1. The van der Waals surface area contributed by atoms with E-state index in [1.54, 1.807) is 0 Å². The van der Waals surface area contributed by atoms with Gasteiger partial charge in [0.2, 0.25) is 0 Å². The lowest BCUT2D eigenvalue weighted by Gasteiger charge is -2.25. The van der Waals surface area contributed by atoms with Gasteiger partial charge in [-0.25, -0.2) is 0 Å². The molecule has 3 rings (SSSR count). The third-order valence-corrected chi connectivity index (χ3v) is 5.18. The quantitative estimate of drug-likeness (QED) is 0.462. The van der Waals surface area contributed by atoms with Crippen molar-refractivity contribution in [2.24, 2.45) is 5.92 Å². The van der Waals surface area contributed by atoms with Gasteiger partial charge in [0.1, 0.15) is 0 Å². The lowest BCUT2D eigenvalue weighted by Crippen LogP contribution is -2.26. The molecule has 0 unspecified atom stereocenters. The lowest BCUT2D eigenvalue weighted by atomic mass is 10.1. The summed E-state index contributed by atoms with van der Waals surface area (Å²) in [4.78, 5) is 2.60. The van der Waals surface area contributed by atoms with E-state index in [0.717, 1.165) is 32.1 Å². The van der Waals surface area contributed by atoms with E-state index in [4.69, 9.17) is 0 Å². The van der Waals surface area contributed by atoms with Gasteiger partial charge in [0, 0.05) is 31.5 Å². The molecule has 142 valence electrons. The highest BCUT2D eigenvalue weighted by Gasteiger charge is 2.12. The Morgan fingerprint density at radius 2 is 1.59 bits per heavy atom. The van der Waals surface area contributed by atoms with Gasteiger partial charge in [0.05, 0.1) is 0 Å². The van der Waals surface area contributed by atoms with Gasteiger partial charge in [0.25, 0.3) is 0 Å². The van der Waals surface area contributed by atoms with Gasteiger partial charge in [-0.2, -0.15) is 0 Å². The normalized spacial score (nSPS) is 11.4. The molecular formula is C25H32N2. The zero-order chi connectivity index (χ0) is 19.1. The van der Waals surface area contributed by atoms with Crippen LogP contribution in [0.3, 0.4) is 0 Å². The summed E-state index contributed by atoms with van der Waals surface area (Å²) in [6.07, 6.45) is 3.43. The maximum atomic E-state index is 2.60. The van der Waals surface area contributed by atoms with Crippen LogP contribution in [0.1, 0.15) is 42.7 Å². The monoisotopic (exact) mass is 360 g/mol. The summed E-state index contributed by atoms with van der Waals surface area (Å²) in [5, 5.41) is 0. The van der Waals surface area contributed by atoms with Gasteiger partial charge in [0.15, 0.2) is 0 Å². The van der Waals surface area contributed by atoms with Gasteiger partial charge in [-0.15, -0.1) is 0 Å². The molecular weight excluding hydrogens is 328 g/mol. The number of hydrogen-bond acceptors (Lipinski definition) is 1. The van der Waals surface area contributed by atoms with Crippen LogP contribution in [-0.2, 0) is 19.6 Å². The maximum absolute atomic E-state index is 2.60. The Morgan fingerprint density at radius 1 is 0.852 bits per heavy atom. The predicted octanol–water partition coefficient (Wildman–Crippen LogP) is 5.89. The number of rotatable bonds is 9. The minimum absolute atomic E-state index is 0.723. The minimum Gasteiger partial charge on any atom is -0.346 e. The van der Waals surface area contributed by atoms with Crippen molar-refractivity contribution in [1.82, 2.24) is 9.47 Å². The first-order valence-corrected chi connectivity index (χ1v) is 10.1. The van der Waals surface area contributed by atoms with Crippen LogP contribution in [0.15, 0.2) is 72.9 Å². The fourth-order valence-corrected chi connectivity index (χ4v) is 3.44. The Hall–Kier alpha value is -2.32. The molecule has 0 saturated heterocycles. The number of aryl methyl sites for hydroxylation is 1. The van der Waals surface area contributed by atoms with Gasteiger partial charge < -0.3 is 4.57 Å². The molecule has 0 amide bonds. The summed E-state index contributed by atoms with van der Waals surface area (Å²) >= 11 is 0. The maximum Gasteiger partial charge on any atom is 0.0473 e. The molecule has 2 aromatic carbocycles. The first-order chi connectivity index (χ1) is 13.1. The average molecular weight is 361 g/mol. The van der Waals surface area contributed by atoms with Crippen LogP contribution >= 0.6 is 0 Å². The van der Waals surface area contributed by atoms with E-state index in [1.165, 1.54) is 28.8 Å². The van der Waals surface area contributed by atoms with Crippen molar-refractivity contribution in [2.45, 2.75) is 46.8 Å². The number of hydrogen-bond donors (Lipinski definition) is 0. The van der Waals surface area contributed by atoms with Crippen molar-refractivity contribution < 1.29 is 0 Å². The number of aromatic nitrogens is 1. The fraction of sp³-hybridized carbons (Fsp3) is 0.360. The second kappa shape index (κ2) is 9.57. The fourth-order valence-electron chi connectivity index (χ4n) is 3.44. The molecule has 3 aromatic rings. The summed E-state index contributed by atoms with van der Waals surface area (Å²) in [6.45, 7) is 10.9. The molecule has 0 N–H and O–H groups in total. The second-order valence-electron chi connectivity index (χ2n) is 7.93. The van der Waals surface area contributed by atoms with Crippen LogP contribution in [0.5, 0.6) is 0 Å². The van der Waals surface area contributed by atoms with Crippen molar-refractivity contribution in [3.63, 3.8) is 0 Å². The van der Waals surface area contributed by atoms with Crippen LogP contribution in [0.4, 0.5) is 0 Å². The SMILES string of the molecule is Cc1ccccc1CN(CCC(C)C)Cc1cccn1Cc1ccccc1.